The van der Waals surface area contributed by atoms with Crippen molar-refractivity contribution in [1.29, 1.82) is 0 Å². The van der Waals surface area contributed by atoms with Gasteiger partial charge in [0.25, 0.3) is 0 Å². The average molecular weight is 301 g/mol. The summed E-state index contributed by atoms with van der Waals surface area (Å²) in [5.74, 6) is -0.387. The van der Waals surface area contributed by atoms with E-state index in [1.54, 1.807) is 0 Å². The Morgan fingerprint density at radius 1 is 1.53 bits per heavy atom. The van der Waals surface area contributed by atoms with Crippen molar-refractivity contribution in [1.82, 2.24) is 0 Å². The molecule has 0 saturated carbocycles. The molecule has 0 unspecified atom stereocenters. The Labute approximate surface area is 110 Å². The van der Waals surface area contributed by atoms with E-state index in [4.69, 9.17) is 5.73 Å². The third-order valence-electron chi connectivity index (χ3n) is 2.48. The minimum absolute atomic E-state index is 0.0649. The summed E-state index contributed by atoms with van der Waals surface area (Å²) in [7, 11) is 0. The van der Waals surface area contributed by atoms with Gasteiger partial charge in [0.1, 0.15) is 0 Å². The minimum atomic E-state index is -0.387. The summed E-state index contributed by atoms with van der Waals surface area (Å²) in [6, 6.07) is 5.70. The van der Waals surface area contributed by atoms with Crippen molar-refractivity contribution >= 4 is 27.5 Å². The number of hydrogen-bond acceptors (Lipinski definition) is 3. The van der Waals surface area contributed by atoms with Crippen molar-refractivity contribution in [2.24, 2.45) is 5.73 Å². The number of primary amides is 1. The Kier molecular flexibility index (Phi) is 4.96. The molecule has 4 nitrogen and oxygen atoms in total. The Hall–Kier alpha value is -1.07. The zero-order chi connectivity index (χ0) is 13.0. The number of halogens is 1. The molecule has 1 aromatic carbocycles. The van der Waals surface area contributed by atoms with Crippen molar-refractivity contribution in [2.45, 2.75) is 26.5 Å². The molecule has 0 atom stereocenters. The highest BCUT2D eigenvalue weighted by atomic mass is 79.9. The van der Waals surface area contributed by atoms with Crippen LogP contribution >= 0.6 is 15.9 Å². The summed E-state index contributed by atoms with van der Waals surface area (Å²) >= 11 is 3.38. The van der Waals surface area contributed by atoms with Gasteiger partial charge in [-0.3, -0.25) is 4.79 Å². The number of amides is 1. The number of rotatable bonds is 5. The first-order chi connectivity index (χ1) is 7.95. The lowest BCUT2D eigenvalue weighted by molar-refractivity contribution is -0.116. The van der Waals surface area contributed by atoms with Crippen molar-refractivity contribution < 1.29 is 9.90 Å². The molecule has 3 N–H and O–H groups in total. The van der Waals surface area contributed by atoms with Gasteiger partial charge in [0.05, 0.1) is 13.2 Å². The molecule has 0 aromatic heterocycles. The molecule has 1 amide bonds. The standard InChI is InChI=1S/C12H17BrN2O2/c1-8(2)15(6-12(14)17)11-5-10(13)4-3-9(11)7-16/h3-5,8,16H,6-7H2,1-2H3,(H2,14,17). The van der Waals surface area contributed by atoms with Crippen LogP contribution in [0.5, 0.6) is 0 Å². The van der Waals surface area contributed by atoms with Gasteiger partial charge < -0.3 is 15.7 Å². The number of hydrogen-bond donors (Lipinski definition) is 2. The Bertz CT molecular complexity index is 407. The number of carbonyl (C=O) groups excluding carboxylic acids is 1. The van der Waals surface area contributed by atoms with Crippen LogP contribution < -0.4 is 10.6 Å². The lowest BCUT2D eigenvalue weighted by Crippen LogP contribution is -2.39. The quantitative estimate of drug-likeness (QED) is 0.869. The lowest BCUT2D eigenvalue weighted by Gasteiger charge is -2.29. The molecule has 1 rings (SSSR count). The summed E-state index contributed by atoms with van der Waals surface area (Å²) in [4.78, 5) is 13.0. The van der Waals surface area contributed by atoms with E-state index in [9.17, 15) is 9.90 Å². The zero-order valence-electron chi connectivity index (χ0n) is 9.98. The van der Waals surface area contributed by atoms with E-state index in [1.165, 1.54) is 0 Å². The topological polar surface area (TPSA) is 66.6 Å². The Balaban J connectivity index is 3.16. The normalized spacial score (nSPS) is 10.6. The maximum absolute atomic E-state index is 11.1. The van der Waals surface area contributed by atoms with Crippen molar-refractivity contribution in [3.05, 3.63) is 28.2 Å². The van der Waals surface area contributed by atoms with Gasteiger partial charge in [-0.05, 0) is 26.0 Å². The molecule has 0 spiro atoms. The highest BCUT2D eigenvalue weighted by molar-refractivity contribution is 9.10. The number of nitrogens with zero attached hydrogens (tertiary/aromatic N) is 1. The van der Waals surface area contributed by atoms with E-state index in [0.717, 1.165) is 15.7 Å². The number of anilines is 1. The molecule has 0 bridgehead atoms. The van der Waals surface area contributed by atoms with Gasteiger partial charge in [0, 0.05) is 21.8 Å². The summed E-state index contributed by atoms with van der Waals surface area (Å²) in [6.45, 7) is 4.03. The SMILES string of the molecule is CC(C)N(CC(N)=O)c1cc(Br)ccc1CO. The highest BCUT2D eigenvalue weighted by Gasteiger charge is 2.16. The van der Waals surface area contributed by atoms with Gasteiger partial charge in [-0.1, -0.05) is 22.0 Å². The first-order valence-corrected chi connectivity index (χ1v) is 6.19. The van der Waals surface area contributed by atoms with Crippen molar-refractivity contribution in [2.75, 3.05) is 11.4 Å². The molecule has 0 radical (unpaired) electrons. The van der Waals surface area contributed by atoms with E-state index >= 15 is 0 Å². The van der Waals surface area contributed by atoms with Gasteiger partial charge in [-0.25, -0.2) is 0 Å². The average Bonchev–Trinajstić information content (AvgIpc) is 2.25. The number of aliphatic hydroxyl groups excluding tert-OH is 1. The molecule has 94 valence electrons. The second kappa shape index (κ2) is 6.02. The Morgan fingerprint density at radius 2 is 2.18 bits per heavy atom. The minimum Gasteiger partial charge on any atom is -0.392 e. The summed E-state index contributed by atoms with van der Waals surface area (Å²) < 4.78 is 0.903. The molecule has 0 saturated heterocycles. The van der Waals surface area contributed by atoms with Crippen LogP contribution in [-0.2, 0) is 11.4 Å². The lowest BCUT2D eigenvalue weighted by atomic mass is 10.1. The highest BCUT2D eigenvalue weighted by Crippen LogP contribution is 2.26. The molecule has 5 heteroatoms. The van der Waals surface area contributed by atoms with E-state index < -0.39 is 0 Å². The fourth-order valence-corrected chi connectivity index (χ4v) is 2.00. The van der Waals surface area contributed by atoms with Crippen LogP contribution in [0, 0.1) is 0 Å². The van der Waals surface area contributed by atoms with E-state index in [1.807, 2.05) is 36.9 Å². The molecule has 0 heterocycles. The van der Waals surface area contributed by atoms with Crippen LogP contribution in [0.4, 0.5) is 5.69 Å². The zero-order valence-corrected chi connectivity index (χ0v) is 11.6. The molecule has 0 aliphatic heterocycles. The van der Waals surface area contributed by atoms with Crippen molar-refractivity contribution in [3.63, 3.8) is 0 Å². The van der Waals surface area contributed by atoms with E-state index in [-0.39, 0.29) is 25.1 Å². The molecule has 0 aliphatic carbocycles. The van der Waals surface area contributed by atoms with Gasteiger partial charge >= 0.3 is 0 Å². The molecule has 0 aliphatic rings. The fourth-order valence-electron chi connectivity index (χ4n) is 1.65. The summed E-state index contributed by atoms with van der Waals surface area (Å²) in [6.07, 6.45) is 0. The fraction of sp³-hybridized carbons (Fsp3) is 0.417. The monoisotopic (exact) mass is 300 g/mol. The van der Waals surface area contributed by atoms with Gasteiger partial charge in [0.15, 0.2) is 0 Å². The van der Waals surface area contributed by atoms with Gasteiger partial charge in [-0.2, -0.15) is 0 Å². The first-order valence-electron chi connectivity index (χ1n) is 5.40. The van der Waals surface area contributed by atoms with Gasteiger partial charge in [-0.15, -0.1) is 0 Å². The molecular formula is C12H17BrN2O2. The van der Waals surface area contributed by atoms with Crippen LogP contribution in [0.2, 0.25) is 0 Å². The van der Waals surface area contributed by atoms with Crippen molar-refractivity contribution in [3.8, 4) is 0 Å². The summed E-state index contributed by atoms with van der Waals surface area (Å²) in [5, 5.41) is 9.32. The van der Waals surface area contributed by atoms with Crippen LogP contribution in [0.1, 0.15) is 19.4 Å². The van der Waals surface area contributed by atoms with Crippen LogP contribution in [-0.4, -0.2) is 23.6 Å². The smallest absolute Gasteiger partial charge is 0.236 e. The largest absolute Gasteiger partial charge is 0.392 e. The third-order valence-corrected chi connectivity index (χ3v) is 2.97. The maximum Gasteiger partial charge on any atom is 0.236 e. The second-order valence-corrected chi connectivity index (χ2v) is 5.03. The Morgan fingerprint density at radius 3 is 2.65 bits per heavy atom. The summed E-state index contributed by atoms with van der Waals surface area (Å²) in [5.41, 5.74) is 6.85. The van der Waals surface area contributed by atoms with Crippen LogP contribution in [0.3, 0.4) is 0 Å². The predicted octanol–water partition coefficient (Wildman–Crippen LogP) is 1.64. The predicted molar refractivity (Wildman–Crippen MR) is 71.7 cm³/mol. The second-order valence-electron chi connectivity index (χ2n) is 4.12. The molecule has 1 aromatic rings. The molecular weight excluding hydrogens is 284 g/mol. The van der Waals surface area contributed by atoms with Crippen LogP contribution in [0.25, 0.3) is 0 Å². The maximum atomic E-state index is 11.1. The first kappa shape index (κ1) is 14.0. The van der Waals surface area contributed by atoms with Crippen LogP contribution in [0.15, 0.2) is 22.7 Å². The van der Waals surface area contributed by atoms with Gasteiger partial charge in [0.2, 0.25) is 5.91 Å². The molecule has 17 heavy (non-hydrogen) atoms. The number of nitrogens with two attached hydrogens (primary N) is 1. The third kappa shape index (κ3) is 3.71. The van der Waals surface area contributed by atoms with E-state index in [2.05, 4.69) is 15.9 Å². The number of benzene rings is 1. The molecule has 0 fully saturated rings. The van der Waals surface area contributed by atoms with E-state index in [0.29, 0.717) is 0 Å². The number of aliphatic hydroxyl groups is 1. The number of carbonyl (C=O) groups is 1.